The molecule has 2 radical (unpaired) electrons. The normalized spacial score (nSPS) is 6.17. The van der Waals surface area contributed by atoms with Crippen molar-refractivity contribution in [2.24, 2.45) is 11.5 Å². The van der Waals surface area contributed by atoms with E-state index in [9.17, 15) is 9.59 Å². The summed E-state index contributed by atoms with van der Waals surface area (Å²) in [6, 6.07) is 0. The van der Waals surface area contributed by atoms with Crippen molar-refractivity contribution >= 4 is 11.9 Å². The van der Waals surface area contributed by atoms with Gasteiger partial charge in [0.2, 0.25) is 0 Å². The summed E-state index contributed by atoms with van der Waals surface area (Å²) in [4.78, 5) is 18.5. The minimum Gasteiger partial charge on any atom is -0.480 e. The van der Waals surface area contributed by atoms with Gasteiger partial charge in [0, 0.05) is 44.8 Å². The molecule has 0 spiro atoms. The van der Waals surface area contributed by atoms with Crippen molar-refractivity contribution in [3.63, 3.8) is 0 Å². The van der Waals surface area contributed by atoms with Gasteiger partial charge in [0.1, 0.15) is 0 Å². The first-order valence-electron chi connectivity index (χ1n) is 2.38. The molecule has 0 bridgehead atoms. The van der Waals surface area contributed by atoms with Gasteiger partial charge in [-0.15, -0.1) is 0 Å². The molecular weight excluding hydrogens is 534 g/mol. The van der Waals surface area contributed by atoms with Gasteiger partial charge in [-0.2, -0.15) is 0 Å². The molecule has 0 amide bonds. The van der Waals surface area contributed by atoms with Crippen LogP contribution in [0.4, 0.5) is 0 Å². The van der Waals surface area contributed by atoms with E-state index in [2.05, 4.69) is 11.5 Å². The van der Waals surface area contributed by atoms with Gasteiger partial charge in [0.15, 0.2) is 0 Å². The summed E-state index contributed by atoms with van der Waals surface area (Å²) >= 11 is 0. The first kappa shape index (κ1) is 22.8. The maximum Gasteiger partial charge on any atom is 0.317 e. The monoisotopic (exact) mass is 544 g/mol. The molecule has 0 fully saturated rings. The molecule has 0 aliphatic heterocycles. The maximum absolute atomic E-state index is 9.24. The van der Waals surface area contributed by atoms with Crippen molar-refractivity contribution < 1.29 is 64.6 Å². The number of nitrogens with two attached hydrogens (primary N) is 2. The Morgan fingerprint density at radius 2 is 1.00 bits per heavy atom. The van der Waals surface area contributed by atoms with Crippen molar-refractivity contribution in [3.8, 4) is 0 Å². The van der Waals surface area contributed by atoms with Crippen molar-refractivity contribution in [1.29, 1.82) is 0 Å². The van der Waals surface area contributed by atoms with Crippen molar-refractivity contribution in [1.82, 2.24) is 0 Å². The van der Waals surface area contributed by atoms with Gasteiger partial charge < -0.3 is 21.7 Å². The van der Waals surface area contributed by atoms with E-state index in [0.29, 0.717) is 0 Å². The van der Waals surface area contributed by atoms with Crippen LogP contribution in [-0.4, -0.2) is 35.2 Å². The van der Waals surface area contributed by atoms with Crippen LogP contribution in [0.5, 0.6) is 0 Å². The number of carboxylic acid groups (broad SMARTS) is 2. The van der Waals surface area contributed by atoms with Crippen molar-refractivity contribution in [2.75, 3.05) is 13.1 Å². The van der Waals surface area contributed by atoms with Gasteiger partial charge in [0.25, 0.3) is 0 Å². The molecule has 0 unspecified atom stereocenters. The number of rotatable bonds is 2. The van der Waals surface area contributed by atoms with E-state index >= 15 is 0 Å². The van der Waals surface area contributed by atoms with Crippen molar-refractivity contribution in [3.05, 3.63) is 0 Å². The molecule has 0 aliphatic carbocycles. The molecular formula is C4H10Au2N2O4. The SMILES string of the molecule is NCC(=O)O.NCC(=O)O.[Au].[Au]. The first-order valence-corrected chi connectivity index (χ1v) is 2.38. The van der Waals surface area contributed by atoms with Crippen LogP contribution in [0, 0.1) is 0 Å². The summed E-state index contributed by atoms with van der Waals surface area (Å²) < 4.78 is 0. The summed E-state index contributed by atoms with van der Waals surface area (Å²) in [5.74, 6) is -1.94. The molecule has 6 N–H and O–H groups in total. The fourth-order valence-electron chi connectivity index (χ4n) is 0. The molecule has 0 aromatic rings. The Balaban J connectivity index is -0.0000000457. The van der Waals surface area contributed by atoms with Gasteiger partial charge in [-0.05, 0) is 0 Å². The Bertz CT molecular complexity index is 108. The van der Waals surface area contributed by atoms with Crippen LogP contribution in [-0.2, 0) is 54.3 Å². The summed E-state index contributed by atoms with van der Waals surface area (Å²) in [6.45, 7) is -0.556. The zero-order valence-electron chi connectivity index (χ0n) is 5.88. The minimum absolute atomic E-state index is 0. The fraction of sp³-hybridized carbons (Fsp3) is 0.500. The third-order valence-electron chi connectivity index (χ3n) is 0.349. The van der Waals surface area contributed by atoms with E-state index in [1.165, 1.54) is 0 Å². The molecule has 82 valence electrons. The predicted molar refractivity (Wildman–Crippen MR) is 33.4 cm³/mol. The van der Waals surface area contributed by atoms with Crippen LogP contribution in [0.25, 0.3) is 0 Å². The van der Waals surface area contributed by atoms with Gasteiger partial charge >= 0.3 is 11.9 Å². The number of carboxylic acids is 2. The van der Waals surface area contributed by atoms with E-state index in [-0.39, 0.29) is 57.9 Å². The third-order valence-corrected chi connectivity index (χ3v) is 0.349. The zero-order chi connectivity index (χ0) is 8.57. The molecule has 0 aliphatic rings. The van der Waals surface area contributed by atoms with Gasteiger partial charge in [-0.1, -0.05) is 0 Å². The number of hydrogen-bond acceptors (Lipinski definition) is 4. The molecule has 6 nitrogen and oxygen atoms in total. The van der Waals surface area contributed by atoms with Gasteiger partial charge in [0.05, 0.1) is 13.1 Å². The second-order valence-electron chi connectivity index (χ2n) is 1.20. The standard InChI is InChI=1S/2C2H5NO2.2Au/c2*3-1-2(4)5;;/h2*1,3H2,(H,4,5);;. The van der Waals surface area contributed by atoms with Crippen LogP contribution in [0.15, 0.2) is 0 Å². The molecule has 0 atom stereocenters. The Morgan fingerprint density at radius 1 is 0.917 bits per heavy atom. The average molecular weight is 544 g/mol. The average Bonchev–Trinajstić information content (AvgIpc) is 1.89. The number of carbonyl (C=O) groups is 2. The summed E-state index contributed by atoms with van der Waals surface area (Å²) in [5, 5.41) is 15.2. The van der Waals surface area contributed by atoms with Crippen LogP contribution >= 0.6 is 0 Å². The van der Waals surface area contributed by atoms with Gasteiger partial charge in [-0.3, -0.25) is 9.59 Å². The van der Waals surface area contributed by atoms with Crippen molar-refractivity contribution in [2.45, 2.75) is 0 Å². The summed E-state index contributed by atoms with van der Waals surface area (Å²) in [7, 11) is 0. The topological polar surface area (TPSA) is 127 Å². The summed E-state index contributed by atoms with van der Waals surface area (Å²) in [5.41, 5.74) is 9.14. The second kappa shape index (κ2) is 17.4. The fourth-order valence-corrected chi connectivity index (χ4v) is 0. The predicted octanol–water partition coefficient (Wildman–Crippen LogP) is -1.95. The molecule has 8 heteroatoms. The molecule has 0 aromatic heterocycles. The van der Waals surface area contributed by atoms with Crippen LogP contribution in [0.1, 0.15) is 0 Å². The van der Waals surface area contributed by atoms with E-state index in [4.69, 9.17) is 10.2 Å². The Kier molecular flexibility index (Phi) is 33.1. The molecule has 0 aromatic carbocycles. The smallest absolute Gasteiger partial charge is 0.317 e. The van der Waals surface area contributed by atoms with E-state index in [0.717, 1.165) is 0 Å². The largest absolute Gasteiger partial charge is 0.480 e. The minimum atomic E-state index is -0.968. The Hall–Kier alpha value is 0.341. The summed E-state index contributed by atoms with van der Waals surface area (Å²) in [6.07, 6.45) is 0. The zero-order valence-corrected chi connectivity index (χ0v) is 10.2. The molecule has 0 saturated heterocycles. The number of hydrogen-bond donors (Lipinski definition) is 4. The van der Waals surface area contributed by atoms with Crippen LogP contribution in [0.2, 0.25) is 0 Å². The maximum atomic E-state index is 9.24. The van der Waals surface area contributed by atoms with E-state index in [1.807, 2.05) is 0 Å². The Morgan fingerprint density at radius 3 is 1.00 bits per heavy atom. The quantitative estimate of drug-likeness (QED) is 0.300. The van der Waals surface area contributed by atoms with E-state index in [1.54, 1.807) is 0 Å². The van der Waals surface area contributed by atoms with Crippen LogP contribution in [0.3, 0.4) is 0 Å². The third kappa shape index (κ3) is 47.9. The molecule has 0 heterocycles. The molecule has 0 saturated carbocycles. The number of aliphatic carboxylic acids is 2. The second-order valence-corrected chi connectivity index (χ2v) is 1.20. The first-order chi connectivity index (χ1) is 4.54. The van der Waals surface area contributed by atoms with E-state index < -0.39 is 11.9 Å². The van der Waals surface area contributed by atoms with Crippen LogP contribution < -0.4 is 11.5 Å². The molecule has 12 heavy (non-hydrogen) atoms. The van der Waals surface area contributed by atoms with Gasteiger partial charge in [-0.25, -0.2) is 0 Å². The molecule has 0 rings (SSSR count). The Labute approximate surface area is 101 Å².